The fraction of sp³-hybridized carbons (Fsp3) is 0.526. The van der Waals surface area contributed by atoms with E-state index in [0.29, 0.717) is 29.1 Å². The van der Waals surface area contributed by atoms with Crippen LogP contribution in [0.2, 0.25) is 0 Å². The fourth-order valence-corrected chi connectivity index (χ4v) is 4.81. The van der Waals surface area contributed by atoms with Gasteiger partial charge in [-0.3, -0.25) is 0 Å². The standard InChI is InChI=1S/C19H25FN2OS/c1-12(2)18(13-6-8-21-9-7-13)19-22-17(11-24-19)15-5-4-14(23-3)10-16(15)20/h4-5,10-13,18,21H,6-9H2,1-3H3. The van der Waals surface area contributed by atoms with E-state index in [4.69, 9.17) is 9.72 Å². The highest BCUT2D eigenvalue weighted by molar-refractivity contribution is 7.10. The Morgan fingerprint density at radius 1 is 1.29 bits per heavy atom. The second kappa shape index (κ2) is 7.62. The number of hydrogen-bond donors (Lipinski definition) is 1. The summed E-state index contributed by atoms with van der Waals surface area (Å²) >= 11 is 1.66. The van der Waals surface area contributed by atoms with Gasteiger partial charge in [-0.05, 0) is 49.9 Å². The predicted octanol–water partition coefficient (Wildman–Crippen LogP) is 4.70. The highest BCUT2D eigenvalue weighted by Crippen LogP contribution is 2.40. The number of rotatable bonds is 5. The first kappa shape index (κ1) is 17.4. The third kappa shape index (κ3) is 3.62. The molecule has 1 unspecified atom stereocenters. The van der Waals surface area contributed by atoms with Gasteiger partial charge in [0, 0.05) is 22.9 Å². The first-order valence-corrected chi connectivity index (χ1v) is 9.48. The Bertz CT molecular complexity index is 680. The molecule has 1 aromatic heterocycles. The van der Waals surface area contributed by atoms with Gasteiger partial charge in [0.25, 0.3) is 0 Å². The maximum absolute atomic E-state index is 14.3. The number of methoxy groups -OCH3 is 1. The van der Waals surface area contributed by atoms with Gasteiger partial charge in [-0.2, -0.15) is 0 Å². The van der Waals surface area contributed by atoms with Crippen molar-refractivity contribution in [2.75, 3.05) is 20.2 Å². The molecule has 0 spiro atoms. The smallest absolute Gasteiger partial charge is 0.136 e. The Hall–Kier alpha value is -1.46. The Morgan fingerprint density at radius 2 is 2.04 bits per heavy atom. The molecule has 1 atom stereocenters. The number of benzene rings is 1. The molecule has 3 nitrogen and oxygen atoms in total. The zero-order valence-corrected chi connectivity index (χ0v) is 15.3. The van der Waals surface area contributed by atoms with Crippen LogP contribution in [0, 0.1) is 17.7 Å². The minimum atomic E-state index is -0.283. The van der Waals surface area contributed by atoms with Gasteiger partial charge in [0.2, 0.25) is 0 Å². The molecule has 0 amide bonds. The van der Waals surface area contributed by atoms with Crippen LogP contribution < -0.4 is 10.1 Å². The van der Waals surface area contributed by atoms with Crippen LogP contribution in [0.1, 0.15) is 37.6 Å². The van der Waals surface area contributed by atoms with E-state index in [1.165, 1.54) is 18.9 Å². The van der Waals surface area contributed by atoms with Gasteiger partial charge in [0.05, 0.1) is 17.8 Å². The Kier molecular flexibility index (Phi) is 5.51. The third-order valence-electron chi connectivity index (χ3n) is 4.87. The van der Waals surface area contributed by atoms with Crippen molar-refractivity contribution >= 4 is 11.3 Å². The van der Waals surface area contributed by atoms with Gasteiger partial charge in [-0.15, -0.1) is 11.3 Å². The molecule has 0 bridgehead atoms. The molecule has 5 heteroatoms. The van der Waals surface area contributed by atoms with Crippen LogP contribution in [0.15, 0.2) is 23.6 Å². The zero-order chi connectivity index (χ0) is 17.1. The van der Waals surface area contributed by atoms with Crippen molar-refractivity contribution in [3.63, 3.8) is 0 Å². The molecule has 1 aromatic carbocycles. The Balaban J connectivity index is 1.88. The Labute approximate surface area is 147 Å². The highest BCUT2D eigenvalue weighted by atomic mass is 32.1. The van der Waals surface area contributed by atoms with E-state index in [2.05, 4.69) is 19.2 Å². The van der Waals surface area contributed by atoms with E-state index in [1.54, 1.807) is 30.6 Å². The molecule has 1 aliphatic rings. The molecule has 0 radical (unpaired) electrons. The zero-order valence-electron chi connectivity index (χ0n) is 14.5. The summed E-state index contributed by atoms with van der Waals surface area (Å²) in [6, 6.07) is 4.95. The molecule has 3 rings (SSSR count). The van der Waals surface area contributed by atoms with Gasteiger partial charge in [-0.25, -0.2) is 9.37 Å². The van der Waals surface area contributed by atoms with Crippen LogP contribution in [0.25, 0.3) is 11.3 Å². The lowest BCUT2D eigenvalue weighted by Gasteiger charge is -2.32. The van der Waals surface area contributed by atoms with Crippen LogP contribution in [0.3, 0.4) is 0 Å². The molecule has 2 heterocycles. The predicted molar refractivity (Wildman–Crippen MR) is 97.2 cm³/mol. The van der Waals surface area contributed by atoms with Crippen LogP contribution in [-0.4, -0.2) is 25.2 Å². The average molecular weight is 348 g/mol. The van der Waals surface area contributed by atoms with E-state index in [1.807, 2.05) is 5.38 Å². The first-order chi connectivity index (χ1) is 11.6. The van der Waals surface area contributed by atoms with E-state index in [-0.39, 0.29) is 5.82 Å². The van der Waals surface area contributed by atoms with Crippen molar-refractivity contribution in [1.29, 1.82) is 0 Å². The van der Waals surface area contributed by atoms with Crippen molar-refractivity contribution in [2.45, 2.75) is 32.6 Å². The second-order valence-corrected chi connectivity index (χ2v) is 7.66. The maximum atomic E-state index is 14.3. The molecule has 24 heavy (non-hydrogen) atoms. The summed E-state index contributed by atoms with van der Waals surface area (Å²) in [6.45, 7) is 6.70. The van der Waals surface area contributed by atoms with Gasteiger partial charge in [-0.1, -0.05) is 13.8 Å². The summed E-state index contributed by atoms with van der Waals surface area (Å²) in [5, 5.41) is 6.55. The molecular formula is C19H25FN2OS. The lowest BCUT2D eigenvalue weighted by molar-refractivity contribution is 0.271. The minimum absolute atomic E-state index is 0.283. The molecule has 1 aliphatic heterocycles. The van der Waals surface area contributed by atoms with Crippen LogP contribution in [0.4, 0.5) is 4.39 Å². The SMILES string of the molecule is COc1ccc(-c2csc(C(C(C)C)C3CCNCC3)n2)c(F)c1. The minimum Gasteiger partial charge on any atom is -0.497 e. The summed E-state index contributed by atoms with van der Waals surface area (Å²) in [5.41, 5.74) is 1.28. The number of piperidine rings is 1. The summed E-state index contributed by atoms with van der Waals surface area (Å²) in [5.74, 6) is 1.89. The molecule has 1 N–H and O–H groups in total. The lowest BCUT2D eigenvalue weighted by atomic mass is 9.78. The number of halogens is 1. The maximum Gasteiger partial charge on any atom is 0.136 e. The number of nitrogens with one attached hydrogen (secondary N) is 1. The summed E-state index contributed by atoms with van der Waals surface area (Å²) in [7, 11) is 1.54. The van der Waals surface area contributed by atoms with Crippen molar-refractivity contribution in [2.24, 2.45) is 11.8 Å². The quantitative estimate of drug-likeness (QED) is 0.851. The number of nitrogens with zero attached hydrogens (tertiary/aromatic N) is 1. The third-order valence-corrected chi connectivity index (χ3v) is 5.82. The molecule has 0 saturated carbocycles. The number of thiazole rings is 1. The summed E-state index contributed by atoms with van der Waals surface area (Å²) in [4.78, 5) is 4.81. The number of hydrogen-bond acceptors (Lipinski definition) is 4. The first-order valence-electron chi connectivity index (χ1n) is 8.60. The summed E-state index contributed by atoms with van der Waals surface area (Å²) < 4.78 is 19.4. The normalized spacial score (nSPS) is 17.2. The molecule has 0 aliphatic carbocycles. The summed E-state index contributed by atoms with van der Waals surface area (Å²) in [6.07, 6.45) is 2.38. The van der Waals surface area contributed by atoms with Crippen molar-refractivity contribution in [3.05, 3.63) is 34.4 Å². The topological polar surface area (TPSA) is 34.1 Å². The highest BCUT2D eigenvalue weighted by Gasteiger charge is 2.30. The molecule has 1 fully saturated rings. The molecule has 2 aromatic rings. The van der Waals surface area contributed by atoms with Gasteiger partial charge >= 0.3 is 0 Å². The van der Waals surface area contributed by atoms with Crippen molar-refractivity contribution < 1.29 is 9.13 Å². The monoisotopic (exact) mass is 348 g/mol. The van der Waals surface area contributed by atoms with Gasteiger partial charge in [0.1, 0.15) is 11.6 Å². The fourth-order valence-electron chi connectivity index (χ4n) is 3.63. The van der Waals surface area contributed by atoms with Crippen LogP contribution in [0.5, 0.6) is 5.75 Å². The molecule has 130 valence electrons. The molecular weight excluding hydrogens is 323 g/mol. The van der Waals surface area contributed by atoms with Crippen LogP contribution >= 0.6 is 11.3 Å². The van der Waals surface area contributed by atoms with Crippen LogP contribution in [-0.2, 0) is 0 Å². The average Bonchev–Trinajstić information content (AvgIpc) is 3.04. The van der Waals surface area contributed by atoms with E-state index in [0.717, 1.165) is 23.8 Å². The number of ether oxygens (including phenoxy) is 1. The lowest BCUT2D eigenvalue weighted by Crippen LogP contribution is -2.32. The number of aromatic nitrogens is 1. The molecule has 1 saturated heterocycles. The van der Waals surface area contributed by atoms with E-state index < -0.39 is 0 Å². The van der Waals surface area contributed by atoms with E-state index >= 15 is 0 Å². The second-order valence-electron chi connectivity index (χ2n) is 6.77. The largest absolute Gasteiger partial charge is 0.497 e. The Morgan fingerprint density at radius 3 is 2.67 bits per heavy atom. The van der Waals surface area contributed by atoms with E-state index in [9.17, 15) is 4.39 Å². The van der Waals surface area contributed by atoms with Crippen molar-refractivity contribution in [3.8, 4) is 17.0 Å². The van der Waals surface area contributed by atoms with Gasteiger partial charge < -0.3 is 10.1 Å². The van der Waals surface area contributed by atoms with Crippen molar-refractivity contribution in [1.82, 2.24) is 10.3 Å². The van der Waals surface area contributed by atoms with Gasteiger partial charge in [0.15, 0.2) is 0 Å².